The first-order chi connectivity index (χ1) is 17.7. The van der Waals surface area contributed by atoms with Crippen molar-refractivity contribution in [3.05, 3.63) is 77.5 Å². The van der Waals surface area contributed by atoms with Crippen LogP contribution in [0.3, 0.4) is 0 Å². The Balaban J connectivity index is 1.48. The number of aromatic nitrogens is 2. The summed E-state index contributed by atoms with van der Waals surface area (Å²) in [7, 11) is 0. The normalized spacial score (nSPS) is 14.1. The van der Waals surface area contributed by atoms with Gasteiger partial charge >= 0.3 is 6.18 Å². The number of nitrogens with one attached hydrogen (secondary N) is 1. The summed E-state index contributed by atoms with van der Waals surface area (Å²) in [5, 5.41) is 3.56. The Labute approximate surface area is 212 Å². The average Bonchev–Trinajstić information content (AvgIpc) is 2.88. The van der Waals surface area contributed by atoms with Gasteiger partial charge in [-0.3, -0.25) is 4.79 Å². The summed E-state index contributed by atoms with van der Waals surface area (Å²) in [4.78, 5) is 23.6. The van der Waals surface area contributed by atoms with Crippen LogP contribution < -0.4 is 16.0 Å². The summed E-state index contributed by atoms with van der Waals surface area (Å²) < 4.78 is 40.4. The van der Waals surface area contributed by atoms with Gasteiger partial charge in [-0.05, 0) is 85.3 Å². The van der Waals surface area contributed by atoms with E-state index < -0.39 is 17.6 Å². The van der Waals surface area contributed by atoms with E-state index in [4.69, 9.17) is 5.73 Å². The van der Waals surface area contributed by atoms with E-state index in [1.807, 2.05) is 36.1 Å². The van der Waals surface area contributed by atoms with Crippen molar-refractivity contribution < 1.29 is 18.0 Å². The molecule has 0 aliphatic carbocycles. The third-order valence-electron chi connectivity index (χ3n) is 6.68. The van der Waals surface area contributed by atoms with Crippen molar-refractivity contribution in [3.8, 4) is 11.1 Å². The van der Waals surface area contributed by atoms with Gasteiger partial charge in [0, 0.05) is 30.2 Å². The van der Waals surface area contributed by atoms with E-state index in [0.29, 0.717) is 16.8 Å². The van der Waals surface area contributed by atoms with Crippen molar-refractivity contribution in [3.63, 3.8) is 0 Å². The predicted octanol–water partition coefficient (Wildman–Crippen LogP) is 6.45. The van der Waals surface area contributed by atoms with Crippen molar-refractivity contribution in [1.82, 2.24) is 9.97 Å². The standard InChI is InChI=1S/C28H26F3N5O/c1-17-5-6-19(14-22(17)18-7-9-23-20(13-18)16-33-27(32)35-23)26(37)34-24-15-21(28(29,30)31)8-10-25(24)36-11-3-2-4-12-36/h5-10,13-16H,2-4,11-12H2,1H3,(H,34,37)(H2,32,33,35). The number of nitrogens with two attached hydrogens (primary N) is 1. The second-order valence-corrected chi connectivity index (χ2v) is 9.26. The SMILES string of the molecule is Cc1ccc(C(=O)Nc2cc(C(F)(F)F)ccc2N2CCCCC2)cc1-c1ccc2nc(N)ncc2c1. The van der Waals surface area contributed by atoms with Gasteiger partial charge in [0.25, 0.3) is 5.91 Å². The molecule has 0 radical (unpaired) electrons. The maximum atomic E-state index is 13.5. The maximum Gasteiger partial charge on any atom is 0.416 e. The highest BCUT2D eigenvalue weighted by atomic mass is 19.4. The first-order valence-electron chi connectivity index (χ1n) is 12.1. The van der Waals surface area contributed by atoms with Crippen LogP contribution in [-0.4, -0.2) is 29.0 Å². The smallest absolute Gasteiger partial charge is 0.370 e. The monoisotopic (exact) mass is 505 g/mol. The third kappa shape index (κ3) is 5.21. The molecule has 1 fully saturated rings. The van der Waals surface area contributed by atoms with Crippen LogP contribution in [0, 0.1) is 6.92 Å². The molecule has 3 N–H and O–H groups in total. The average molecular weight is 506 g/mol. The Bertz CT molecular complexity index is 1480. The number of fused-ring (bicyclic) bond motifs is 1. The molecule has 6 nitrogen and oxygen atoms in total. The van der Waals surface area contributed by atoms with E-state index in [2.05, 4.69) is 15.3 Å². The number of hydrogen-bond acceptors (Lipinski definition) is 5. The second kappa shape index (κ2) is 9.72. The largest absolute Gasteiger partial charge is 0.416 e. The van der Waals surface area contributed by atoms with Crippen LogP contribution in [0.25, 0.3) is 22.0 Å². The van der Waals surface area contributed by atoms with Crippen molar-refractivity contribution in [2.75, 3.05) is 29.0 Å². The van der Waals surface area contributed by atoms with E-state index in [0.717, 1.165) is 66.6 Å². The molecular formula is C28H26F3N5O. The highest BCUT2D eigenvalue weighted by Gasteiger charge is 2.32. The molecule has 1 aromatic heterocycles. The second-order valence-electron chi connectivity index (χ2n) is 9.26. The summed E-state index contributed by atoms with van der Waals surface area (Å²) in [6.07, 6.45) is 0.127. The number of nitrogen functional groups attached to an aromatic ring is 1. The van der Waals surface area contributed by atoms with E-state index in [9.17, 15) is 18.0 Å². The molecule has 2 heterocycles. The first kappa shape index (κ1) is 24.5. The Hall–Kier alpha value is -4.14. The van der Waals surface area contributed by atoms with Crippen molar-refractivity contribution >= 4 is 34.1 Å². The van der Waals surface area contributed by atoms with Gasteiger partial charge in [-0.2, -0.15) is 13.2 Å². The zero-order valence-corrected chi connectivity index (χ0v) is 20.3. The molecule has 0 bridgehead atoms. The fraction of sp³-hybridized carbons (Fsp3) is 0.250. The molecule has 5 rings (SSSR count). The van der Waals surface area contributed by atoms with Crippen LogP contribution in [0.15, 0.2) is 60.8 Å². The van der Waals surface area contributed by atoms with Crippen LogP contribution in [-0.2, 0) is 6.18 Å². The Morgan fingerprint density at radius 2 is 1.78 bits per heavy atom. The van der Waals surface area contributed by atoms with Crippen LogP contribution in [0.1, 0.15) is 40.7 Å². The summed E-state index contributed by atoms with van der Waals surface area (Å²) in [5.74, 6) is -0.288. The number of hydrogen-bond donors (Lipinski definition) is 2. The summed E-state index contributed by atoms with van der Waals surface area (Å²) >= 11 is 0. The van der Waals surface area contributed by atoms with Crippen molar-refractivity contribution in [2.45, 2.75) is 32.4 Å². The minimum absolute atomic E-state index is 0.157. The number of alkyl halides is 3. The third-order valence-corrected chi connectivity index (χ3v) is 6.68. The minimum Gasteiger partial charge on any atom is -0.370 e. The molecule has 4 aromatic rings. The summed E-state index contributed by atoms with van der Waals surface area (Å²) in [6.45, 7) is 3.41. The molecule has 190 valence electrons. The highest BCUT2D eigenvalue weighted by molar-refractivity contribution is 6.07. The minimum atomic E-state index is -4.51. The van der Waals surface area contributed by atoms with Crippen LogP contribution in [0.2, 0.25) is 0 Å². The van der Waals surface area contributed by atoms with Gasteiger partial charge in [0.05, 0.1) is 22.5 Å². The molecule has 1 aliphatic heterocycles. The molecule has 1 amide bonds. The van der Waals surface area contributed by atoms with E-state index >= 15 is 0 Å². The van der Waals surface area contributed by atoms with Crippen LogP contribution in [0.4, 0.5) is 30.5 Å². The number of halogens is 3. The predicted molar refractivity (Wildman–Crippen MR) is 140 cm³/mol. The maximum absolute atomic E-state index is 13.5. The highest BCUT2D eigenvalue weighted by Crippen LogP contribution is 2.37. The van der Waals surface area contributed by atoms with E-state index in [1.54, 1.807) is 18.3 Å². The van der Waals surface area contributed by atoms with Gasteiger partial charge in [-0.1, -0.05) is 12.1 Å². The Morgan fingerprint density at radius 1 is 1.00 bits per heavy atom. The Kier molecular flexibility index (Phi) is 6.45. The van der Waals surface area contributed by atoms with Gasteiger partial charge in [0.1, 0.15) is 0 Å². The Morgan fingerprint density at radius 3 is 2.54 bits per heavy atom. The van der Waals surface area contributed by atoms with Gasteiger partial charge in [0.2, 0.25) is 5.95 Å². The molecular weight excluding hydrogens is 479 g/mol. The van der Waals surface area contributed by atoms with Crippen molar-refractivity contribution in [2.24, 2.45) is 0 Å². The van der Waals surface area contributed by atoms with Gasteiger partial charge in [-0.15, -0.1) is 0 Å². The molecule has 0 spiro atoms. The number of nitrogens with zero attached hydrogens (tertiary/aromatic N) is 3. The zero-order valence-electron chi connectivity index (χ0n) is 20.3. The zero-order chi connectivity index (χ0) is 26.2. The molecule has 9 heteroatoms. The van der Waals surface area contributed by atoms with Gasteiger partial charge in [0.15, 0.2) is 0 Å². The first-order valence-corrected chi connectivity index (χ1v) is 12.1. The molecule has 0 saturated carbocycles. The molecule has 0 atom stereocenters. The fourth-order valence-corrected chi connectivity index (χ4v) is 4.71. The lowest BCUT2D eigenvalue weighted by atomic mass is 9.97. The van der Waals surface area contributed by atoms with E-state index in [-0.39, 0.29) is 11.6 Å². The number of carbonyl (C=O) groups is 1. The lowest BCUT2D eigenvalue weighted by Gasteiger charge is -2.31. The molecule has 1 aliphatic rings. The molecule has 1 saturated heterocycles. The number of rotatable bonds is 4. The molecule has 0 unspecified atom stereocenters. The lowest BCUT2D eigenvalue weighted by molar-refractivity contribution is -0.137. The number of amides is 1. The van der Waals surface area contributed by atoms with Crippen LogP contribution >= 0.6 is 0 Å². The number of anilines is 3. The quantitative estimate of drug-likeness (QED) is 0.333. The van der Waals surface area contributed by atoms with Gasteiger partial charge in [-0.25, -0.2) is 9.97 Å². The number of aryl methyl sites for hydroxylation is 1. The fourth-order valence-electron chi connectivity index (χ4n) is 4.71. The van der Waals surface area contributed by atoms with Gasteiger partial charge < -0.3 is 16.0 Å². The number of benzene rings is 3. The summed E-state index contributed by atoms with van der Waals surface area (Å²) in [5.41, 5.74) is 9.31. The molecule has 37 heavy (non-hydrogen) atoms. The summed E-state index contributed by atoms with van der Waals surface area (Å²) in [6, 6.07) is 14.4. The van der Waals surface area contributed by atoms with Crippen molar-refractivity contribution in [1.29, 1.82) is 0 Å². The lowest BCUT2D eigenvalue weighted by Crippen LogP contribution is -2.30. The number of carbonyl (C=O) groups excluding carboxylic acids is 1. The number of piperidine rings is 1. The van der Waals surface area contributed by atoms with Crippen LogP contribution in [0.5, 0.6) is 0 Å². The van der Waals surface area contributed by atoms with E-state index in [1.165, 1.54) is 6.07 Å². The molecule has 3 aromatic carbocycles. The topological polar surface area (TPSA) is 84.1 Å².